The third-order valence-corrected chi connectivity index (χ3v) is 2.19. The first kappa shape index (κ1) is 12.9. The molecule has 2 N–H and O–H groups in total. The Labute approximate surface area is 93.6 Å². The second-order valence-corrected chi connectivity index (χ2v) is 4.21. The number of rotatable bonds is 5. The van der Waals surface area contributed by atoms with Crippen LogP contribution in [0.5, 0.6) is 0 Å². The van der Waals surface area contributed by atoms with Crippen molar-refractivity contribution >= 4 is 13.9 Å². The second kappa shape index (κ2) is 5.82. The molecule has 1 unspecified atom stereocenters. The normalized spacial score (nSPS) is 13.9. The third-order valence-electron chi connectivity index (χ3n) is 1.62. The lowest BCUT2D eigenvalue weighted by Crippen LogP contribution is -2.07. The van der Waals surface area contributed by atoms with E-state index in [1.165, 1.54) is 13.2 Å². The van der Waals surface area contributed by atoms with Crippen molar-refractivity contribution in [2.24, 2.45) is 0 Å². The molecule has 0 saturated heterocycles. The summed E-state index contributed by atoms with van der Waals surface area (Å²) in [5, 5.41) is 0. The van der Waals surface area contributed by atoms with E-state index in [2.05, 4.69) is 4.52 Å². The summed E-state index contributed by atoms with van der Waals surface area (Å²) in [5.74, 6) is 0. The summed E-state index contributed by atoms with van der Waals surface area (Å²) in [7, 11) is -4.49. The Bertz CT molecular complexity index is 383. The molecular formula is C10H13O5P. The standard InChI is InChI=1S/C10H13O5P/c1-9(15-16(11,12)13)14-8-7-10-5-3-2-4-6-10/h2-9H,1H3,(H2,11,12,13)/b8-7+. The Morgan fingerprint density at radius 3 is 2.50 bits per heavy atom. The van der Waals surface area contributed by atoms with Gasteiger partial charge in [-0.25, -0.2) is 9.09 Å². The van der Waals surface area contributed by atoms with Gasteiger partial charge in [0.2, 0.25) is 6.29 Å². The minimum Gasteiger partial charge on any atom is -0.472 e. The molecule has 0 aliphatic heterocycles. The molecule has 0 aromatic heterocycles. The number of hydrogen-bond donors (Lipinski definition) is 2. The topological polar surface area (TPSA) is 76.0 Å². The van der Waals surface area contributed by atoms with Gasteiger partial charge in [-0.3, -0.25) is 0 Å². The highest BCUT2D eigenvalue weighted by molar-refractivity contribution is 7.46. The molecule has 0 aliphatic rings. The van der Waals surface area contributed by atoms with E-state index < -0.39 is 14.1 Å². The molecule has 1 aromatic carbocycles. The number of phosphoric ester groups is 1. The molecule has 0 amide bonds. The summed E-state index contributed by atoms with van der Waals surface area (Å²) in [6.45, 7) is 1.40. The molecule has 0 radical (unpaired) electrons. The van der Waals surface area contributed by atoms with E-state index in [9.17, 15) is 4.57 Å². The molecule has 6 heteroatoms. The van der Waals surface area contributed by atoms with Gasteiger partial charge in [-0.05, 0) is 18.6 Å². The fraction of sp³-hybridized carbons (Fsp3) is 0.200. The predicted octanol–water partition coefficient (Wildman–Crippen LogP) is 2.13. The monoisotopic (exact) mass is 244 g/mol. The molecule has 0 aliphatic carbocycles. The second-order valence-electron chi connectivity index (χ2n) is 3.01. The molecule has 1 atom stereocenters. The number of ether oxygens (including phenoxy) is 1. The van der Waals surface area contributed by atoms with E-state index in [1.54, 1.807) is 6.08 Å². The molecule has 1 aromatic rings. The Morgan fingerprint density at radius 2 is 1.94 bits per heavy atom. The van der Waals surface area contributed by atoms with Crippen LogP contribution in [0.25, 0.3) is 6.08 Å². The Balaban J connectivity index is 2.40. The molecular weight excluding hydrogens is 231 g/mol. The SMILES string of the molecule is CC(O/C=C/c1ccccc1)OP(=O)(O)O. The minimum atomic E-state index is -4.49. The summed E-state index contributed by atoms with van der Waals surface area (Å²) in [6, 6.07) is 9.37. The first-order valence-electron chi connectivity index (χ1n) is 4.58. The Kier molecular flexibility index (Phi) is 4.71. The zero-order chi connectivity index (χ0) is 12.0. The van der Waals surface area contributed by atoms with Crippen LogP contribution in [-0.2, 0) is 13.8 Å². The van der Waals surface area contributed by atoms with Crippen LogP contribution in [0, 0.1) is 0 Å². The van der Waals surface area contributed by atoms with Gasteiger partial charge in [-0.15, -0.1) is 0 Å². The van der Waals surface area contributed by atoms with Crippen molar-refractivity contribution in [2.75, 3.05) is 0 Å². The van der Waals surface area contributed by atoms with E-state index in [0.717, 1.165) is 5.56 Å². The molecule has 1 rings (SSSR count). The van der Waals surface area contributed by atoms with E-state index >= 15 is 0 Å². The quantitative estimate of drug-likeness (QED) is 0.471. The van der Waals surface area contributed by atoms with Crippen LogP contribution >= 0.6 is 7.82 Å². The number of benzene rings is 1. The van der Waals surface area contributed by atoms with Gasteiger partial charge >= 0.3 is 7.82 Å². The van der Waals surface area contributed by atoms with Crippen molar-refractivity contribution in [3.05, 3.63) is 42.2 Å². The van der Waals surface area contributed by atoms with Crippen LogP contribution in [0.15, 0.2) is 36.6 Å². The van der Waals surface area contributed by atoms with Gasteiger partial charge in [0, 0.05) is 0 Å². The maximum Gasteiger partial charge on any atom is 0.472 e. The minimum absolute atomic E-state index is 0.922. The van der Waals surface area contributed by atoms with Gasteiger partial charge in [-0.1, -0.05) is 30.3 Å². The highest BCUT2D eigenvalue weighted by Gasteiger charge is 2.18. The Hall–Kier alpha value is -1.13. The number of hydrogen-bond acceptors (Lipinski definition) is 3. The lowest BCUT2D eigenvalue weighted by Gasteiger charge is -2.12. The van der Waals surface area contributed by atoms with Crippen LogP contribution in [-0.4, -0.2) is 16.1 Å². The van der Waals surface area contributed by atoms with Crippen molar-refractivity contribution in [1.29, 1.82) is 0 Å². The molecule has 0 heterocycles. The van der Waals surface area contributed by atoms with Crippen LogP contribution in [0.3, 0.4) is 0 Å². The molecule has 16 heavy (non-hydrogen) atoms. The van der Waals surface area contributed by atoms with Crippen molar-refractivity contribution in [3.63, 3.8) is 0 Å². The highest BCUT2D eigenvalue weighted by atomic mass is 31.2. The average Bonchev–Trinajstić information content (AvgIpc) is 2.16. The maximum atomic E-state index is 10.4. The third kappa shape index (κ3) is 5.68. The van der Waals surface area contributed by atoms with Crippen LogP contribution in [0.4, 0.5) is 0 Å². The maximum absolute atomic E-state index is 10.4. The summed E-state index contributed by atoms with van der Waals surface area (Å²) < 4.78 is 19.6. The van der Waals surface area contributed by atoms with Crippen LogP contribution < -0.4 is 0 Å². The zero-order valence-electron chi connectivity index (χ0n) is 8.69. The lowest BCUT2D eigenvalue weighted by atomic mass is 10.2. The van der Waals surface area contributed by atoms with Crippen LogP contribution in [0.1, 0.15) is 12.5 Å². The van der Waals surface area contributed by atoms with E-state index in [0.29, 0.717) is 0 Å². The van der Waals surface area contributed by atoms with Crippen molar-refractivity contribution in [2.45, 2.75) is 13.2 Å². The summed E-state index contributed by atoms with van der Waals surface area (Å²) in [4.78, 5) is 17.0. The molecule has 0 bridgehead atoms. The zero-order valence-corrected chi connectivity index (χ0v) is 9.58. The summed E-state index contributed by atoms with van der Waals surface area (Å²) >= 11 is 0. The van der Waals surface area contributed by atoms with Crippen LogP contribution in [0.2, 0.25) is 0 Å². The molecule has 88 valence electrons. The van der Waals surface area contributed by atoms with Gasteiger partial charge in [0.25, 0.3) is 0 Å². The van der Waals surface area contributed by atoms with Crippen molar-refractivity contribution in [3.8, 4) is 0 Å². The van der Waals surface area contributed by atoms with E-state index in [-0.39, 0.29) is 0 Å². The number of phosphoric acid groups is 1. The predicted molar refractivity (Wildman–Crippen MR) is 59.2 cm³/mol. The van der Waals surface area contributed by atoms with Gasteiger partial charge < -0.3 is 14.5 Å². The van der Waals surface area contributed by atoms with Crippen molar-refractivity contribution in [1.82, 2.24) is 0 Å². The fourth-order valence-electron chi connectivity index (χ4n) is 1.01. The highest BCUT2D eigenvalue weighted by Crippen LogP contribution is 2.37. The van der Waals surface area contributed by atoms with Gasteiger partial charge in [0.05, 0.1) is 6.26 Å². The average molecular weight is 244 g/mol. The smallest absolute Gasteiger partial charge is 0.472 e. The molecule has 5 nitrogen and oxygen atoms in total. The molecule has 0 fully saturated rings. The molecule has 0 spiro atoms. The summed E-state index contributed by atoms with van der Waals surface area (Å²) in [5.41, 5.74) is 0.922. The fourth-order valence-corrected chi connectivity index (χ4v) is 1.45. The van der Waals surface area contributed by atoms with Gasteiger partial charge in [0.1, 0.15) is 0 Å². The van der Waals surface area contributed by atoms with Gasteiger partial charge in [-0.2, -0.15) is 0 Å². The first-order chi connectivity index (χ1) is 7.47. The lowest BCUT2D eigenvalue weighted by molar-refractivity contribution is -0.0313. The van der Waals surface area contributed by atoms with Crippen molar-refractivity contribution < 1.29 is 23.6 Å². The Morgan fingerprint density at radius 1 is 1.31 bits per heavy atom. The van der Waals surface area contributed by atoms with Gasteiger partial charge in [0.15, 0.2) is 0 Å². The first-order valence-corrected chi connectivity index (χ1v) is 6.11. The summed E-state index contributed by atoms with van der Waals surface area (Å²) in [6.07, 6.45) is 2.00. The van der Waals surface area contributed by atoms with E-state index in [1.807, 2.05) is 30.3 Å². The van der Waals surface area contributed by atoms with E-state index in [4.69, 9.17) is 14.5 Å². The largest absolute Gasteiger partial charge is 0.472 e. The molecule has 0 saturated carbocycles.